The Balaban J connectivity index is 1.86. The molecule has 0 bridgehead atoms. The van der Waals surface area contributed by atoms with E-state index in [4.69, 9.17) is 0 Å². The topological polar surface area (TPSA) is 37.0 Å². The van der Waals surface area contributed by atoms with Gasteiger partial charge in [-0.3, -0.25) is 5.32 Å². The number of benzene rings is 1. The molecule has 3 rings (SSSR count). The number of hydrogen-bond donors (Lipinski definition) is 2. The number of halogens is 1. The molecule has 1 unspecified atom stereocenters. The number of nitrogens with zero attached hydrogens (tertiary/aromatic N) is 1. The van der Waals surface area contributed by atoms with Crippen LogP contribution in [0, 0.1) is 0 Å². The van der Waals surface area contributed by atoms with E-state index in [2.05, 4.69) is 55.8 Å². The van der Waals surface area contributed by atoms with E-state index < -0.39 is 0 Å². The van der Waals surface area contributed by atoms with Gasteiger partial charge in [0.1, 0.15) is 10.8 Å². The smallest absolute Gasteiger partial charge is 0.106 e. The van der Waals surface area contributed by atoms with E-state index in [0.29, 0.717) is 0 Å². The van der Waals surface area contributed by atoms with Crippen LogP contribution in [0.2, 0.25) is 0 Å². The first kappa shape index (κ1) is 10.7. The molecule has 1 atom stereocenters. The van der Waals surface area contributed by atoms with Crippen molar-refractivity contribution in [3.63, 3.8) is 0 Å². The minimum atomic E-state index is 0.130. The Morgan fingerprint density at radius 2 is 2.06 bits per heavy atom. The van der Waals surface area contributed by atoms with Crippen LogP contribution in [0.15, 0.2) is 47.2 Å². The maximum atomic E-state index is 4.25. The molecule has 0 saturated carbocycles. The lowest BCUT2D eigenvalue weighted by Crippen LogP contribution is -2.32. The lowest BCUT2D eigenvalue weighted by molar-refractivity contribution is 0.564. The van der Waals surface area contributed by atoms with Crippen LogP contribution in [0.5, 0.6) is 0 Å². The van der Waals surface area contributed by atoms with Gasteiger partial charge in [0.15, 0.2) is 0 Å². The molecule has 0 spiro atoms. The summed E-state index contributed by atoms with van der Waals surface area (Å²) in [5, 5.41) is 6.91. The molecule has 2 aromatic rings. The van der Waals surface area contributed by atoms with E-state index in [1.807, 2.05) is 18.3 Å². The fourth-order valence-corrected chi connectivity index (χ4v) is 2.23. The van der Waals surface area contributed by atoms with Crippen molar-refractivity contribution in [1.82, 2.24) is 10.3 Å². The first-order valence-corrected chi connectivity index (χ1v) is 6.31. The van der Waals surface area contributed by atoms with Crippen LogP contribution in [0.4, 0.5) is 5.69 Å². The standard InChI is InChI=1S/C13H12BrN3/c14-12-6-5-10(8-15-12)13-16-7-9-3-1-2-4-11(9)17-13/h1-6,8,13,16-17H,7H2. The summed E-state index contributed by atoms with van der Waals surface area (Å²) in [6, 6.07) is 12.4. The molecule has 0 fully saturated rings. The van der Waals surface area contributed by atoms with Crippen molar-refractivity contribution >= 4 is 21.6 Å². The van der Waals surface area contributed by atoms with Gasteiger partial charge in [-0.25, -0.2) is 4.98 Å². The third-order valence-electron chi connectivity index (χ3n) is 2.90. The van der Waals surface area contributed by atoms with Crippen LogP contribution in [0.3, 0.4) is 0 Å². The number of nitrogens with one attached hydrogen (secondary N) is 2. The summed E-state index contributed by atoms with van der Waals surface area (Å²) in [4.78, 5) is 4.25. The van der Waals surface area contributed by atoms with Crippen molar-refractivity contribution in [2.75, 3.05) is 5.32 Å². The Labute approximate surface area is 108 Å². The molecule has 2 heterocycles. The monoisotopic (exact) mass is 289 g/mol. The molecular weight excluding hydrogens is 278 g/mol. The Kier molecular flexibility index (Phi) is 2.82. The number of aromatic nitrogens is 1. The highest BCUT2D eigenvalue weighted by molar-refractivity contribution is 9.10. The van der Waals surface area contributed by atoms with Crippen molar-refractivity contribution in [1.29, 1.82) is 0 Å². The van der Waals surface area contributed by atoms with Gasteiger partial charge < -0.3 is 5.32 Å². The predicted molar refractivity (Wildman–Crippen MR) is 71.6 cm³/mol. The van der Waals surface area contributed by atoms with Gasteiger partial charge >= 0.3 is 0 Å². The Morgan fingerprint density at radius 3 is 2.88 bits per heavy atom. The first-order valence-electron chi connectivity index (χ1n) is 5.52. The fourth-order valence-electron chi connectivity index (χ4n) is 1.99. The molecule has 1 aliphatic heterocycles. The van der Waals surface area contributed by atoms with E-state index in [-0.39, 0.29) is 6.17 Å². The summed E-state index contributed by atoms with van der Waals surface area (Å²) >= 11 is 3.34. The van der Waals surface area contributed by atoms with Crippen LogP contribution in [0.25, 0.3) is 0 Å². The van der Waals surface area contributed by atoms with E-state index in [1.165, 1.54) is 11.3 Å². The van der Waals surface area contributed by atoms with Crippen LogP contribution in [-0.2, 0) is 6.54 Å². The van der Waals surface area contributed by atoms with Crippen LogP contribution < -0.4 is 10.6 Å². The van der Waals surface area contributed by atoms with Crippen molar-refractivity contribution in [3.8, 4) is 0 Å². The van der Waals surface area contributed by atoms with Gasteiger partial charge in [-0.1, -0.05) is 24.3 Å². The number of para-hydroxylation sites is 1. The number of rotatable bonds is 1. The van der Waals surface area contributed by atoms with Crippen LogP contribution >= 0.6 is 15.9 Å². The average Bonchev–Trinajstić information content (AvgIpc) is 2.39. The molecular formula is C13H12BrN3. The molecule has 0 aliphatic carbocycles. The zero-order chi connectivity index (χ0) is 11.7. The summed E-state index contributed by atoms with van der Waals surface area (Å²) in [7, 11) is 0. The molecule has 3 nitrogen and oxygen atoms in total. The van der Waals surface area contributed by atoms with E-state index in [0.717, 1.165) is 16.7 Å². The minimum Gasteiger partial charge on any atom is -0.366 e. The molecule has 4 heteroatoms. The van der Waals surface area contributed by atoms with E-state index in [1.54, 1.807) is 0 Å². The SMILES string of the molecule is Brc1ccc(C2NCc3ccccc3N2)cn1. The Bertz CT molecular complexity index is 524. The van der Waals surface area contributed by atoms with Gasteiger partial charge in [-0.15, -0.1) is 0 Å². The van der Waals surface area contributed by atoms with Crippen molar-refractivity contribution in [3.05, 3.63) is 58.3 Å². The number of fused-ring (bicyclic) bond motifs is 1. The molecule has 2 N–H and O–H groups in total. The molecule has 1 aliphatic rings. The van der Waals surface area contributed by atoms with Gasteiger partial charge in [0.25, 0.3) is 0 Å². The second-order valence-corrected chi connectivity index (χ2v) is 4.84. The summed E-state index contributed by atoms with van der Waals surface area (Å²) in [5.41, 5.74) is 3.63. The van der Waals surface area contributed by atoms with Crippen LogP contribution in [-0.4, -0.2) is 4.98 Å². The molecule has 1 aromatic carbocycles. The van der Waals surface area contributed by atoms with E-state index in [9.17, 15) is 0 Å². The predicted octanol–water partition coefficient (Wildman–Crippen LogP) is 3.06. The first-order chi connectivity index (χ1) is 8.33. The largest absolute Gasteiger partial charge is 0.366 e. The normalized spacial score (nSPS) is 18.3. The molecule has 1 aromatic heterocycles. The summed E-state index contributed by atoms with van der Waals surface area (Å²) in [5.74, 6) is 0. The third kappa shape index (κ3) is 2.18. The number of anilines is 1. The summed E-state index contributed by atoms with van der Waals surface area (Å²) in [6.07, 6.45) is 2.01. The second kappa shape index (κ2) is 4.47. The van der Waals surface area contributed by atoms with Crippen molar-refractivity contribution < 1.29 is 0 Å². The van der Waals surface area contributed by atoms with Crippen LogP contribution in [0.1, 0.15) is 17.3 Å². The molecule has 86 valence electrons. The fraction of sp³-hybridized carbons (Fsp3) is 0.154. The Morgan fingerprint density at radius 1 is 1.18 bits per heavy atom. The second-order valence-electron chi connectivity index (χ2n) is 4.03. The van der Waals surface area contributed by atoms with Crippen molar-refractivity contribution in [2.45, 2.75) is 12.7 Å². The van der Waals surface area contributed by atoms with Gasteiger partial charge in [0.05, 0.1) is 0 Å². The van der Waals surface area contributed by atoms with Gasteiger partial charge in [-0.2, -0.15) is 0 Å². The summed E-state index contributed by atoms with van der Waals surface area (Å²) < 4.78 is 0.859. The summed E-state index contributed by atoms with van der Waals surface area (Å²) in [6.45, 7) is 0.879. The quantitative estimate of drug-likeness (QED) is 0.793. The minimum absolute atomic E-state index is 0.130. The highest BCUT2D eigenvalue weighted by Crippen LogP contribution is 2.25. The molecule has 17 heavy (non-hydrogen) atoms. The van der Waals surface area contributed by atoms with Gasteiger partial charge in [0, 0.05) is 24.0 Å². The molecule has 0 radical (unpaired) electrons. The highest BCUT2D eigenvalue weighted by Gasteiger charge is 2.17. The maximum Gasteiger partial charge on any atom is 0.106 e. The average molecular weight is 290 g/mol. The zero-order valence-electron chi connectivity index (χ0n) is 9.15. The van der Waals surface area contributed by atoms with Crippen molar-refractivity contribution in [2.24, 2.45) is 0 Å². The Hall–Kier alpha value is -1.39. The third-order valence-corrected chi connectivity index (χ3v) is 3.37. The molecule has 0 saturated heterocycles. The van der Waals surface area contributed by atoms with Gasteiger partial charge in [-0.05, 0) is 33.6 Å². The van der Waals surface area contributed by atoms with E-state index >= 15 is 0 Å². The number of pyridine rings is 1. The van der Waals surface area contributed by atoms with Gasteiger partial charge in [0.2, 0.25) is 0 Å². The lowest BCUT2D eigenvalue weighted by atomic mass is 10.1. The maximum absolute atomic E-state index is 4.25. The number of hydrogen-bond acceptors (Lipinski definition) is 3. The highest BCUT2D eigenvalue weighted by atomic mass is 79.9. The molecule has 0 amide bonds. The lowest BCUT2D eigenvalue weighted by Gasteiger charge is -2.28. The zero-order valence-corrected chi connectivity index (χ0v) is 10.7.